The maximum absolute atomic E-state index is 12.2. The zero-order chi connectivity index (χ0) is 17.3. The first-order chi connectivity index (χ1) is 11.5. The lowest BCUT2D eigenvalue weighted by Gasteiger charge is -2.30. The Morgan fingerprint density at radius 3 is 2.79 bits per heavy atom. The number of carbonyl (C=O) groups excluding carboxylic acids is 1. The van der Waals surface area contributed by atoms with E-state index in [1.807, 2.05) is 0 Å². The zero-order valence-corrected chi connectivity index (χ0v) is 15.9. The minimum absolute atomic E-state index is 0.0435. The van der Waals surface area contributed by atoms with E-state index in [2.05, 4.69) is 32.9 Å². The van der Waals surface area contributed by atoms with Gasteiger partial charge in [-0.15, -0.1) is 0 Å². The van der Waals surface area contributed by atoms with Crippen molar-refractivity contribution >= 4 is 44.8 Å². The molecular weight excluding hydrogens is 394 g/mol. The highest BCUT2D eigenvalue weighted by Gasteiger charge is 2.28. The van der Waals surface area contributed by atoms with E-state index in [0.717, 1.165) is 36.9 Å². The fourth-order valence-corrected chi connectivity index (χ4v) is 4.02. The third kappa shape index (κ3) is 3.60. The number of hydrogen-bond donors (Lipinski definition) is 2. The molecule has 1 amide bonds. The second kappa shape index (κ2) is 7.16. The Hall–Kier alpha value is -1.51. The molecule has 6 nitrogen and oxygen atoms in total. The van der Waals surface area contributed by atoms with Gasteiger partial charge in [0.25, 0.3) is 5.91 Å². The molecule has 1 aromatic carbocycles. The van der Waals surface area contributed by atoms with Crippen LogP contribution in [0.3, 0.4) is 0 Å². The average Bonchev–Trinajstić information content (AvgIpc) is 2.92. The maximum atomic E-state index is 12.2. The molecule has 0 unspecified atom stereocenters. The Balaban J connectivity index is 1.78. The number of amidine groups is 1. The lowest BCUT2D eigenvalue weighted by atomic mass is 10.2. The number of phenols is 1. The van der Waals surface area contributed by atoms with Gasteiger partial charge in [-0.25, -0.2) is 0 Å². The Kier molecular flexibility index (Phi) is 5.17. The summed E-state index contributed by atoms with van der Waals surface area (Å²) in [6.07, 6.45) is 1.78. The van der Waals surface area contributed by atoms with Crippen LogP contribution in [0.2, 0.25) is 0 Å². The van der Waals surface area contributed by atoms with Gasteiger partial charge in [0.05, 0.1) is 49.7 Å². The van der Waals surface area contributed by atoms with Crippen LogP contribution >= 0.6 is 27.7 Å². The first-order valence-corrected chi connectivity index (χ1v) is 9.24. The van der Waals surface area contributed by atoms with Crippen LogP contribution in [-0.4, -0.2) is 61.4 Å². The van der Waals surface area contributed by atoms with E-state index < -0.39 is 0 Å². The molecule has 0 aromatic heterocycles. The lowest BCUT2D eigenvalue weighted by Crippen LogP contribution is -3.12. The number of halogens is 1. The first kappa shape index (κ1) is 17.3. The van der Waals surface area contributed by atoms with E-state index in [1.165, 1.54) is 23.8 Å². The number of thioether (sulfide) groups is 1. The number of amides is 1. The molecule has 0 radical (unpaired) electrons. The van der Waals surface area contributed by atoms with Gasteiger partial charge in [0.1, 0.15) is 0 Å². The minimum Gasteiger partial charge on any atom is -0.503 e. The third-order valence-electron chi connectivity index (χ3n) is 4.07. The predicted octanol–water partition coefficient (Wildman–Crippen LogP) is 0.964. The lowest BCUT2D eigenvalue weighted by molar-refractivity contribution is -0.883. The van der Waals surface area contributed by atoms with Crippen molar-refractivity contribution in [2.75, 3.05) is 40.3 Å². The summed E-state index contributed by atoms with van der Waals surface area (Å²) < 4.78 is 5.66. The molecule has 0 aliphatic carbocycles. The van der Waals surface area contributed by atoms with Gasteiger partial charge in [0, 0.05) is 0 Å². The third-order valence-corrected chi connectivity index (χ3v) is 5.71. The summed E-state index contributed by atoms with van der Waals surface area (Å²) >= 11 is 4.70. The smallest absolute Gasteiger partial charge is 0.286 e. The number of benzene rings is 1. The van der Waals surface area contributed by atoms with Crippen molar-refractivity contribution in [1.29, 1.82) is 0 Å². The molecule has 1 saturated heterocycles. The summed E-state index contributed by atoms with van der Waals surface area (Å²) in [6.45, 7) is 3.93. The number of ether oxygens (including phenoxy) is 1. The van der Waals surface area contributed by atoms with E-state index in [1.54, 1.807) is 18.2 Å². The van der Waals surface area contributed by atoms with Gasteiger partial charge in [-0.1, -0.05) is 0 Å². The van der Waals surface area contributed by atoms with Crippen LogP contribution < -0.4 is 9.64 Å². The molecule has 2 aliphatic heterocycles. The number of aliphatic imine (C=N–C) groups is 1. The molecule has 0 saturated carbocycles. The van der Waals surface area contributed by atoms with E-state index in [9.17, 15) is 9.90 Å². The second-order valence-electron chi connectivity index (χ2n) is 5.81. The number of quaternary nitrogens is 1. The molecule has 1 fully saturated rings. The number of methoxy groups -OCH3 is 1. The Morgan fingerprint density at radius 2 is 2.12 bits per heavy atom. The highest BCUT2D eigenvalue weighted by atomic mass is 79.9. The standard InChI is InChI=1S/C16H18BrN3O3S/c1-19-3-5-20(6-4-19)16-18-15(22)13(24-16)9-10-7-11(17)14(21)12(8-10)23-2/h7-9,21H,3-6H2,1-2H3/p+1/b13-9-. The predicted molar refractivity (Wildman–Crippen MR) is 98.6 cm³/mol. The maximum Gasteiger partial charge on any atom is 0.286 e. The normalized spacial score (nSPS) is 20.6. The van der Waals surface area contributed by atoms with Crippen LogP contribution in [0.25, 0.3) is 6.08 Å². The van der Waals surface area contributed by atoms with Gasteiger partial charge in [0.2, 0.25) is 0 Å². The minimum atomic E-state index is -0.218. The second-order valence-corrected chi connectivity index (χ2v) is 7.67. The van der Waals surface area contributed by atoms with Crippen LogP contribution in [0.4, 0.5) is 0 Å². The highest BCUT2D eigenvalue weighted by molar-refractivity contribution is 9.10. The number of hydrogen-bond acceptors (Lipinski definition) is 5. The van der Waals surface area contributed by atoms with E-state index in [0.29, 0.717) is 15.1 Å². The average molecular weight is 413 g/mol. The zero-order valence-electron chi connectivity index (χ0n) is 13.5. The monoisotopic (exact) mass is 412 g/mol. The molecule has 2 heterocycles. The van der Waals surface area contributed by atoms with Crippen molar-refractivity contribution in [3.63, 3.8) is 0 Å². The van der Waals surface area contributed by atoms with Crippen molar-refractivity contribution < 1.29 is 19.5 Å². The Bertz CT molecular complexity index is 728. The number of piperazine rings is 1. The molecule has 2 N–H and O–H groups in total. The quantitative estimate of drug-likeness (QED) is 0.708. The van der Waals surface area contributed by atoms with Crippen molar-refractivity contribution in [2.45, 2.75) is 0 Å². The van der Waals surface area contributed by atoms with Crippen LogP contribution in [0.1, 0.15) is 5.56 Å². The SMILES string of the molecule is COc1cc(/C=C2\SC(N3CC[NH+](C)CC3)=NC2=O)cc(Br)c1O. The molecule has 128 valence electrons. The van der Waals surface area contributed by atoms with Crippen LogP contribution in [-0.2, 0) is 4.79 Å². The number of likely N-dealkylation sites (N-methyl/N-ethyl adjacent to an activating group) is 1. The van der Waals surface area contributed by atoms with E-state index in [-0.39, 0.29) is 11.7 Å². The first-order valence-electron chi connectivity index (χ1n) is 7.63. The van der Waals surface area contributed by atoms with Crippen molar-refractivity contribution in [3.8, 4) is 11.5 Å². The molecule has 0 spiro atoms. The Morgan fingerprint density at radius 1 is 1.42 bits per heavy atom. The molecule has 0 bridgehead atoms. The van der Waals surface area contributed by atoms with Gasteiger partial charge in [-0.2, -0.15) is 4.99 Å². The molecule has 2 aliphatic rings. The summed E-state index contributed by atoms with van der Waals surface area (Å²) in [6, 6.07) is 3.44. The fourth-order valence-electron chi connectivity index (χ4n) is 2.60. The highest BCUT2D eigenvalue weighted by Crippen LogP contribution is 2.37. The largest absolute Gasteiger partial charge is 0.503 e. The van der Waals surface area contributed by atoms with E-state index in [4.69, 9.17) is 4.74 Å². The number of carbonyl (C=O) groups is 1. The van der Waals surface area contributed by atoms with Crippen LogP contribution in [0.15, 0.2) is 26.5 Å². The van der Waals surface area contributed by atoms with Gasteiger partial charge in [0.15, 0.2) is 16.7 Å². The summed E-state index contributed by atoms with van der Waals surface area (Å²) in [4.78, 5) is 20.6. The van der Waals surface area contributed by atoms with Gasteiger partial charge >= 0.3 is 0 Å². The van der Waals surface area contributed by atoms with E-state index >= 15 is 0 Å². The van der Waals surface area contributed by atoms with Crippen LogP contribution in [0, 0.1) is 0 Å². The van der Waals surface area contributed by atoms with Crippen molar-refractivity contribution in [1.82, 2.24) is 4.90 Å². The summed E-state index contributed by atoms with van der Waals surface area (Å²) in [5.74, 6) is 0.182. The molecule has 0 atom stereocenters. The fraction of sp³-hybridized carbons (Fsp3) is 0.375. The van der Waals surface area contributed by atoms with Gasteiger partial charge < -0.3 is 19.6 Å². The van der Waals surface area contributed by atoms with Gasteiger partial charge in [-0.3, -0.25) is 4.79 Å². The number of aromatic hydroxyl groups is 1. The number of nitrogens with one attached hydrogen (secondary N) is 1. The number of phenolic OH excluding ortho intramolecular Hbond substituents is 1. The molecule has 3 rings (SSSR count). The van der Waals surface area contributed by atoms with Gasteiger partial charge in [-0.05, 0) is 51.5 Å². The molecule has 24 heavy (non-hydrogen) atoms. The molecule has 1 aromatic rings. The topological polar surface area (TPSA) is 66.6 Å². The van der Waals surface area contributed by atoms with Crippen molar-refractivity contribution in [2.24, 2.45) is 4.99 Å². The van der Waals surface area contributed by atoms with Crippen molar-refractivity contribution in [3.05, 3.63) is 27.1 Å². The molecular formula is C16H19BrN3O3S+. The summed E-state index contributed by atoms with van der Waals surface area (Å²) in [7, 11) is 3.66. The molecule has 8 heteroatoms. The Labute approximate surface area is 153 Å². The number of nitrogens with zero attached hydrogens (tertiary/aromatic N) is 2. The summed E-state index contributed by atoms with van der Waals surface area (Å²) in [5, 5.41) is 10.7. The van der Waals surface area contributed by atoms with Crippen LogP contribution in [0.5, 0.6) is 11.5 Å². The summed E-state index contributed by atoms with van der Waals surface area (Å²) in [5.41, 5.74) is 0.770. The number of rotatable bonds is 2.